The Hall–Kier alpha value is -1.13. The number of nitrogens with zero attached hydrogens (tertiary/aromatic N) is 1. The van der Waals surface area contributed by atoms with Crippen LogP contribution in [0, 0.1) is 13.8 Å². The molecule has 0 amide bonds. The zero-order chi connectivity index (χ0) is 11.0. The lowest BCUT2D eigenvalue weighted by Crippen LogP contribution is -2.01. The highest BCUT2D eigenvalue weighted by molar-refractivity contribution is 7.18. The molecule has 3 nitrogen and oxygen atoms in total. The number of carbonyl (C=O) groups is 1. The first-order valence-corrected chi connectivity index (χ1v) is 5.60. The lowest BCUT2D eigenvalue weighted by atomic mass is 10.3. The quantitative estimate of drug-likeness (QED) is 0.821. The van der Waals surface area contributed by atoms with Gasteiger partial charge in [-0.05, 0) is 26.0 Å². The van der Waals surface area contributed by atoms with Crippen molar-refractivity contribution >= 4 is 28.7 Å². The van der Waals surface area contributed by atoms with Crippen molar-refractivity contribution in [1.29, 1.82) is 0 Å². The molecule has 0 atom stereocenters. The number of halogens is 1. The molecule has 5 heteroatoms. The second-order valence-electron chi connectivity index (χ2n) is 3.23. The SMILES string of the molecule is Cc1nc(C(=O)c2ccc(Cl)s2)[nH]c1C. The highest BCUT2D eigenvalue weighted by Gasteiger charge is 2.15. The van der Waals surface area contributed by atoms with Gasteiger partial charge in [-0.1, -0.05) is 11.6 Å². The van der Waals surface area contributed by atoms with Crippen molar-refractivity contribution < 1.29 is 4.79 Å². The summed E-state index contributed by atoms with van der Waals surface area (Å²) in [6.07, 6.45) is 0. The molecule has 15 heavy (non-hydrogen) atoms. The predicted octanol–water partition coefficient (Wildman–Crippen LogP) is 2.97. The van der Waals surface area contributed by atoms with Gasteiger partial charge < -0.3 is 4.98 Å². The summed E-state index contributed by atoms with van der Waals surface area (Å²) < 4.78 is 0.610. The van der Waals surface area contributed by atoms with E-state index in [1.54, 1.807) is 12.1 Å². The minimum absolute atomic E-state index is 0.108. The smallest absolute Gasteiger partial charge is 0.238 e. The Balaban J connectivity index is 2.36. The Morgan fingerprint density at radius 1 is 1.47 bits per heavy atom. The van der Waals surface area contributed by atoms with Crippen LogP contribution in [0.25, 0.3) is 0 Å². The fraction of sp³-hybridized carbons (Fsp3) is 0.200. The second-order valence-corrected chi connectivity index (χ2v) is 4.94. The van der Waals surface area contributed by atoms with Gasteiger partial charge in [-0.3, -0.25) is 4.79 Å². The van der Waals surface area contributed by atoms with Crippen molar-refractivity contribution in [2.45, 2.75) is 13.8 Å². The summed E-state index contributed by atoms with van der Waals surface area (Å²) in [5.41, 5.74) is 1.77. The summed E-state index contributed by atoms with van der Waals surface area (Å²) in [5, 5.41) is 0. The van der Waals surface area contributed by atoms with Crippen LogP contribution in [-0.4, -0.2) is 15.8 Å². The molecule has 0 aromatic carbocycles. The fourth-order valence-corrected chi connectivity index (χ4v) is 2.19. The van der Waals surface area contributed by atoms with Crippen LogP contribution >= 0.6 is 22.9 Å². The molecule has 78 valence electrons. The van der Waals surface area contributed by atoms with Gasteiger partial charge in [-0.15, -0.1) is 11.3 Å². The summed E-state index contributed by atoms with van der Waals surface area (Å²) in [4.78, 5) is 19.6. The van der Waals surface area contributed by atoms with Crippen molar-refractivity contribution in [3.05, 3.63) is 38.6 Å². The van der Waals surface area contributed by atoms with Gasteiger partial charge in [0.2, 0.25) is 5.78 Å². The monoisotopic (exact) mass is 240 g/mol. The normalized spacial score (nSPS) is 10.6. The molecule has 0 radical (unpaired) electrons. The van der Waals surface area contributed by atoms with E-state index in [2.05, 4.69) is 9.97 Å². The maximum Gasteiger partial charge on any atom is 0.238 e. The van der Waals surface area contributed by atoms with Gasteiger partial charge in [0.25, 0.3) is 0 Å². The molecule has 0 saturated heterocycles. The van der Waals surface area contributed by atoms with Crippen molar-refractivity contribution in [2.75, 3.05) is 0 Å². The standard InChI is InChI=1S/C10H9ClN2OS/c1-5-6(2)13-10(12-5)9(14)7-3-4-8(11)15-7/h3-4H,1-2H3,(H,12,13). The summed E-state index contributed by atoms with van der Waals surface area (Å²) >= 11 is 7.03. The molecule has 1 N–H and O–H groups in total. The number of ketones is 1. The van der Waals surface area contributed by atoms with Gasteiger partial charge >= 0.3 is 0 Å². The Bertz CT molecular complexity index is 496. The van der Waals surface area contributed by atoms with Crippen LogP contribution in [0.5, 0.6) is 0 Å². The molecular formula is C10H9ClN2OS. The van der Waals surface area contributed by atoms with E-state index in [9.17, 15) is 4.79 Å². The van der Waals surface area contributed by atoms with Crippen LogP contribution in [-0.2, 0) is 0 Å². The van der Waals surface area contributed by atoms with Gasteiger partial charge in [0.1, 0.15) is 0 Å². The van der Waals surface area contributed by atoms with E-state index in [0.717, 1.165) is 11.4 Å². The van der Waals surface area contributed by atoms with Crippen LogP contribution in [0.2, 0.25) is 4.34 Å². The van der Waals surface area contributed by atoms with E-state index < -0.39 is 0 Å². The minimum atomic E-state index is -0.108. The van der Waals surface area contributed by atoms with Gasteiger partial charge in [-0.25, -0.2) is 4.98 Å². The van der Waals surface area contributed by atoms with Crippen LogP contribution < -0.4 is 0 Å². The van der Waals surface area contributed by atoms with Gasteiger partial charge in [0.05, 0.1) is 14.9 Å². The van der Waals surface area contributed by atoms with Gasteiger partial charge in [0, 0.05) is 5.69 Å². The third kappa shape index (κ3) is 1.96. The molecule has 2 aromatic rings. The predicted molar refractivity (Wildman–Crippen MR) is 60.8 cm³/mol. The van der Waals surface area contributed by atoms with Gasteiger partial charge in [-0.2, -0.15) is 0 Å². The Morgan fingerprint density at radius 3 is 2.67 bits per heavy atom. The molecule has 0 unspecified atom stereocenters. The Labute approximate surface area is 96.1 Å². The molecule has 2 heterocycles. The zero-order valence-electron chi connectivity index (χ0n) is 8.30. The molecule has 0 saturated carbocycles. The number of hydrogen-bond acceptors (Lipinski definition) is 3. The Kier molecular flexibility index (Phi) is 2.63. The molecule has 0 aliphatic heterocycles. The first-order valence-electron chi connectivity index (χ1n) is 4.41. The average molecular weight is 241 g/mol. The van der Waals surface area contributed by atoms with Crippen molar-refractivity contribution in [3.8, 4) is 0 Å². The topological polar surface area (TPSA) is 45.8 Å². The number of aryl methyl sites for hydroxylation is 2. The number of aromatic nitrogens is 2. The first-order chi connectivity index (χ1) is 7.08. The lowest BCUT2D eigenvalue weighted by Gasteiger charge is -1.90. The molecule has 0 aliphatic carbocycles. The third-order valence-corrected chi connectivity index (χ3v) is 3.37. The molecule has 0 spiro atoms. The van der Waals surface area contributed by atoms with E-state index in [1.807, 2.05) is 13.8 Å². The third-order valence-electron chi connectivity index (χ3n) is 2.14. The van der Waals surface area contributed by atoms with Crippen LogP contribution in [0.1, 0.15) is 26.9 Å². The van der Waals surface area contributed by atoms with Crippen LogP contribution in [0.15, 0.2) is 12.1 Å². The highest BCUT2D eigenvalue weighted by Crippen LogP contribution is 2.23. The van der Waals surface area contributed by atoms with E-state index in [1.165, 1.54) is 11.3 Å². The van der Waals surface area contributed by atoms with Gasteiger partial charge in [0.15, 0.2) is 5.82 Å². The van der Waals surface area contributed by atoms with E-state index in [-0.39, 0.29) is 5.78 Å². The minimum Gasteiger partial charge on any atom is -0.339 e. The molecule has 0 bridgehead atoms. The van der Waals surface area contributed by atoms with Crippen LogP contribution in [0.4, 0.5) is 0 Å². The first kappa shape index (κ1) is 10.4. The number of rotatable bonds is 2. The molecule has 2 aromatic heterocycles. The molecule has 2 rings (SSSR count). The number of carbonyl (C=O) groups excluding carboxylic acids is 1. The highest BCUT2D eigenvalue weighted by atomic mass is 35.5. The number of nitrogens with one attached hydrogen (secondary N) is 1. The average Bonchev–Trinajstić information content (AvgIpc) is 2.74. The van der Waals surface area contributed by atoms with E-state index in [4.69, 9.17) is 11.6 Å². The van der Waals surface area contributed by atoms with Crippen LogP contribution in [0.3, 0.4) is 0 Å². The number of thiophene rings is 1. The second kappa shape index (κ2) is 3.79. The van der Waals surface area contributed by atoms with Crippen molar-refractivity contribution in [1.82, 2.24) is 9.97 Å². The lowest BCUT2D eigenvalue weighted by molar-refractivity contribution is 0.103. The molecule has 0 fully saturated rings. The molecule has 0 aliphatic rings. The van der Waals surface area contributed by atoms with E-state index in [0.29, 0.717) is 15.0 Å². The number of aromatic amines is 1. The number of imidazole rings is 1. The number of hydrogen-bond donors (Lipinski definition) is 1. The summed E-state index contributed by atoms with van der Waals surface area (Å²) in [6.45, 7) is 3.75. The maximum atomic E-state index is 11.9. The van der Waals surface area contributed by atoms with Crippen molar-refractivity contribution in [3.63, 3.8) is 0 Å². The summed E-state index contributed by atoms with van der Waals surface area (Å²) in [6, 6.07) is 3.42. The summed E-state index contributed by atoms with van der Waals surface area (Å²) in [5.74, 6) is 0.270. The molecular weight excluding hydrogens is 232 g/mol. The maximum absolute atomic E-state index is 11.9. The Morgan fingerprint density at radius 2 is 2.20 bits per heavy atom. The summed E-state index contributed by atoms with van der Waals surface area (Å²) in [7, 11) is 0. The van der Waals surface area contributed by atoms with E-state index >= 15 is 0 Å². The van der Waals surface area contributed by atoms with Crippen molar-refractivity contribution in [2.24, 2.45) is 0 Å². The number of H-pyrrole nitrogens is 1. The largest absolute Gasteiger partial charge is 0.339 e. The fourth-order valence-electron chi connectivity index (χ4n) is 1.21. The zero-order valence-corrected chi connectivity index (χ0v) is 9.87.